The van der Waals surface area contributed by atoms with Crippen LogP contribution in [0.15, 0.2) is 99.8 Å². The van der Waals surface area contributed by atoms with Gasteiger partial charge in [-0.05, 0) is 105 Å². The van der Waals surface area contributed by atoms with Crippen molar-refractivity contribution < 1.29 is 9.47 Å². The molecule has 0 spiro atoms. The molecule has 0 amide bonds. The average Bonchev–Trinajstić information content (AvgIpc) is 2.94. The molecule has 5 rings (SSSR count). The van der Waals surface area contributed by atoms with Crippen molar-refractivity contribution >= 4 is 47.0 Å². The molecule has 48 heavy (non-hydrogen) atoms. The highest BCUT2D eigenvalue weighted by atomic mass is 32.2. The van der Waals surface area contributed by atoms with Crippen LogP contribution in [0.25, 0.3) is 0 Å². The second kappa shape index (κ2) is 13.5. The van der Waals surface area contributed by atoms with Crippen molar-refractivity contribution in [2.24, 2.45) is 0 Å². The minimum absolute atomic E-state index is 0.0169. The van der Waals surface area contributed by atoms with E-state index in [9.17, 15) is 0 Å². The summed E-state index contributed by atoms with van der Waals surface area (Å²) in [5.74, 6) is 1.86. The van der Waals surface area contributed by atoms with Crippen LogP contribution in [0.4, 0.5) is 0 Å². The van der Waals surface area contributed by atoms with E-state index in [1.807, 2.05) is 14.2 Å². The first-order chi connectivity index (χ1) is 22.1. The van der Waals surface area contributed by atoms with Gasteiger partial charge in [-0.15, -0.1) is 0 Å². The Balaban J connectivity index is 1.86. The molecule has 1 aliphatic rings. The Morgan fingerprint density at radius 1 is 0.333 bits per heavy atom. The van der Waals surface area contributed by atoms with E-state index in [0.29, 0.717) is 0 Å². The number of ether oxygens (including phenoxy) is 2. The van der Waals surface area contributed by atoms with Crippen molar-refractivity contribution in [1.82, 2.24) is 0 Å². The van der Waals surface area contributed by atoms with E-state index in [-0.39, 0.29) is 21.7 Å². The van der Waals surface area contributed by atoms with Crippen molar-refractivity contribution in [2.75, 3.05) is 14.2 Å². The van der Waals surface area contributed by atoms with E-state index in [0.717, 1.165) is 31.1 Å². The normalized spacial score (nSPS) is 14.1. The first kappa shape index (κ1) is 37.1. The summed E-state index contributed by atoms with van der Waals surface area (Å²) in [6, 6.07) is 23.4. The molecule has 0 aliphatic carbocycles. The summed E-state index contributed by atoms with van der Waals surface area (Å²) < 4.78 is 12.5. The lowest BCUT2D eigenvalue weighted by atomic mass is 9.87. The number of fused-ring (bicyclic) bond motifs is 8. The molecule has 256 valence electrons. The third kappa shape index (κ3) is 8.42. The Morgan fingerprint density at radius 3 is 0.729 bits per heavy atom. The van der Waals surface area contributed by atoms with Crippen molar-refractivity contribution in [3.8, 4) is 11.5 Å². The zero-order valence-corrected chi connectivity index (χ0v) is 34.5. The topological polar surface area (TPSA) is 18.5 Å². The van der Waals surface area contributed by atoms with Gasteiger partial charge in [0.05, 0.1) is 33.8 Å². The Labute approximate surface area is 307 Å². The Bertz CT molecular complexity index is 1600. The maximum Gasteiger partial charge on any atom is 0.146 e. The minimum atomic E-state index is -0.0235. The highest BCUT2D eigenvalue weighted by Crippen LogP contribution is 2.51. The maximum atomic E-state index is 6.27. The fraction of sp³-hybridized carbons (Fsp3) is 0.429. The van der Waals surface area contributed by atoms with Gasteiger partial charge in [0.2, 0.25) is 0 Å². The fourth-order valence-corrected chi connectivity index (χ4v) is 10.1. The molecule has 1 aliphatic heterocycles. The van der Waals surface area contributed by atoms with Crippen LogP contribution in [0.3, 0.4) is 0 Å². The number of benzene rings is 4. The molecule has 0 atom stereocenters. The Kier molecular flexibility index (Phi) is 10.5. The SMILES string of the molecule is COc1c2cc(C(C)(C)C)cc1Sc1cc(cc(C(C)(C)C)c1)Sc1cc(C(C)(C)C)cc(c1OC)Sc1cc(cc(C(C)(C)C)c1)S2. The molecule has 4 aromatic rings. The van der Waals surface area contributed by atoms with Gasteiger partial charge < -0.3 is 9.47 Å². The largest absolute Gasteiger partial charge is 0.494 e. The summed E-state index contributed by atoms with van der Waals surface area (Å²) in [6.45, 7) is 27.5. The van der Waals surface area contributed by atoms with Crippen molar-refractivity contribution in [3.05, 3.63) is 82.9 Å². The molecule has 0 saturated heterocycles. The van der Waals surface area contributed by atoms with Gasteiger partial charge in [-0.1, -0.05) is 130 Å². The van der Waals surface area contributed by atoms with Gasteiger partial charge >= 0.3 is 0 Å². The molecule has 0 unspecified atom stereocenters. The molecule has 1 heterocycles. The summed E-state index contributed by atoms with van der Waals surface area (Å²) in [5.41, 5.74) is 5.13. The molecule has 0 aromatic heterocycles. The van der Waals surface area contributed by atoms with Crippen molar-refractivity contribution in [1.29, 1.82) is 0 Å². The van der Waals surface area contributed by atoms with E-state index in [1.54, 1.807) is 47.0 Å². The van der Waals surface area contributed by atoms with Crippen LogP contribution < -0.4 is 9.47 Å². The maximum absolute atomic E-state index is 6.27. The third-order valence-electron chi connectivity index (χ3n) is 8.59. The van der Waals surface area contributed by atoms with Crippen molar-refractivity contribution in [2.45, 2.75) is 144 Å². The van der Waals surface area contributed by atoms with Gasteiger partial charge in [0.15, 0.2) is 0 Å². The van der Waals surface area contributed by atoms with Gasteiger partial charge in [-0.2, -0.15) is 0 Å². The molecule has 6 heteroatoms. The summed E-state index contributed by atoms with van der Waals surface area (Å²) in [4.78, 5) is 9.36. The highest BCUT2D eigenvalue weighted by Gasteiger charge is 2.26. The van der Waals surface area contributed by atoms with Gasteiger partial charge in [0.1, 0.15) is 11.5 Å². The molecule has 2 nitrogen and oxygen atoms in total. The molecule has 0 saturated carbocycles. The van der Waals surface area contributed by atoms with Crippen LogP contribution in [0.5, 0.6) is 11.5 Å². The average molecular weight is 717 g/mol. The Morgan fingerprint density at radius 2 is 0.542 bits per heavy atom. The highest BCUT2D eigenvalue weighted by molar-refractivity contribution is 8.01. The van der Waals surface area contributed by atoms with E-state index < -0.39 is 0 Å². The predicted molar refractivity (Wildman–Crippen MR) is 210 cm³/mol. The molecule has 8 bridgehead atoms. The van der Waals surface area contributed by atoms with Crippen LogP contribution in [-0.2, 0) is 21.7 Å². The van der Waals surface area contributed by atoms with E-state index >= 15 is 0 Å². The van der Waals surface area contributed by atoms with Crippen molar-refractivity contribution in [3.63, 3.8) is 0 Å². The van der Waals surface area contributed by atoms with Crippen LogP contribution in [0.2, 0.25) is 0 Å². The molecule has 0 radical (unpaired) electrons. The van der Waals surface area contributed by atoms with E-state index in [1.165, 1.54) is 41.8 Å². The summed E-state index contributed by atoms with van der Waals surface area (Å²) in [7, 11) is 3.62. The lowest BCUT2D eigenvalue weighted by Crippen LogP contribution is -2.12. The standard InChI is InChI=1S/C42H52O2S4/c1-39(2,3)25-15-29-23-30(16-25)46-34-20-28(42(10,11)12)22-36(38(34)44-14)48-32-18-26(40(4,5)6)17-31(24-32)47-35-21-27(41(7,8)9)19-33(45-29)37(35)43-13/h15-24H,1-14H3. The van der Waals surface area contributed by atoms with Gasteiger partial charge in [-0.25, -0.2) is 0 Å². The van der Waals surface area contributed by atoms with Crippen LogP contribution in [0.1, 0.15) is 105 Å². The molecular formula is C42H52O2S4. The summed E-state index contributed by atoms with van der Waals surface area (Å²) in [5, 5.41) is 0. The number of rotatable bonds is 2. The number of hydrogen-bond donors (Lipinski definition) is 0. The molecule has 0 fully saturated rings. The van der Waals surface area contributed by atoms with Crippen LogP contribution >= 0.6 is 47.0 Å². The van der Waals surface area contributed by atoms with E-state index in [4.69, 9.17) is 9.47 Å². The summed E-state index contributed by atoms with van der Waals surface area (Å²) in [6.07, 6.45) is 0. The number of methoxy groups -OCH3 is 2. The smallest absolute Gasteiger partial charge is 0.146 e. The zero-order valence-electron chi connectivity index (χ0n) is 31.2. The fourth-order valence-electron chi connectivity index (χ4n) is 5.48. The molecule has 0 N–H and O–H groups in total. The molecular weight excluding hydrogens is 665 g/mol. The van der Waals surface area contributed by atoms with E-state index in [2.05, 4.69) is 144 Å². The quantitative estimate of drug-likeness (QED) is 0.180. The monoisotopic (exact) mass is 716 g/mol. The second-order valence-corrected chi connectivity index (χ2v) is 21.3. The minimum Gasteiger partial charge on any atom is -0.494 e. The first-order valence-corrected chi connectivity index (χ1v) is 19.9. The first-order valence-electron chi connectivity index (χ1n) is 16.6. The van der Waals surface area contributed by atoms with Gasteiger partial charge in [0.25, 0.3) is 0 Å². The number of hydrogen-bond acceptors (Lipinski definition) is 6. The van der Waals surface area contributed by atoms with Crippen LogP contribution in [-0.4, -0.2) is 14.2 Å². The second-order valence-electron chi connectivity index (χ2n) is 16.8. The lowest BCUT2D eigenvalue weighted by Gasteiger charge is -2.26. The van der Waals surface area contributed by atoms with Crippen LogP contribution in [0, 0.1) is 0 Å². The Hall–Kier alpha value is -2.12. The lowest BCUT2D eigenvalue weighted by molar-refractivity contribution is 0.393. The third-order valence-corrected chi connectivity index (χ3v) is 12.6. The zero-order chi connectivity index (χ0) is 35.4. The predicted octanol–water partition coefficient (Wildman–Crippen LogP) is 13.8. The summed E-state index contributed by atoms with van der Waals surface area (Å²) >= 11 is 7.20. The van der Waals surface area contributed by atoms with Gasteiger partial charge in [-0.3, -0.25) is 0 Å². The molecule has 4 aromatic carbocycles. The van der Waals surface area contributed by atoms with Gasteiger partial charge in [0, 0.05) is 19.6 Å².